The summed E-state index contributed by atoms with van der Waals surface area (Å²) in [6.07, 6.45) is 4.82. The third kappa shape index (κ3) is 6.68. The largest absolute Gasteiger partial charge is 0.441 e. The van der Waals surface area contributed by atoms with E-state index in [1.807, 2.05) is 36.2 Å². The molecule has 1 N–H and O–H groups in total. The van der Waals surface area contributed by atoms with Crippen molar-refractivity contribution in [2.45, 2.75) is 25.7 Å². The Kier molecular flexibility index (Phi) is 10.2. The summed E-state index contributed by atoms with van der Waals surface area (Å²) in [7, 11) is 1.98. The normalized spacial score (nSPS) is 14.4. The summed E-state index contributed by atoms with van der Waals surface area (Å²) in [6.45, 7) is 2.74. The van der Waals surface area contributed by atoms with E-state index in [9.17, 15) is 4.79 Å². The Hall–Kier alpha value is -1.27. The van der Waals surface area contributed by atoms with Crippen LogP contribution in [0, 0.1) is 5.92 Å². The standard InChI is InChI=1S/C19H24ClN3O2.2ClH/c1-21-12-14-8-10-23(11-9-14)19(24)7-6-18-22-13-17(25-18)15-2-4-16(20)5-3-15;;/h2-5,13-14,21H,6-12H2,1H3;2*1H. The SMILES string of the molecule is CNCC1CCN(C(=O)CCc2ncc(-c3ccc(Cl)cc3)o2)CC1.Cl.Cl. The van der Waals surface area contributed by atoms with E-state index < -0.39 is 0 Å². The number of amides is 1. The number of hydrogen-bond donors (Lipinski definition) is 1. The van der Waals surface area contributed by atoms with Crippen LogP contribution in [0.5, 0.6) is 0 Å². The Balaban J connectivity index is 0.00000182. The van der Waals surface area contributed by atoms with Gasteiger partial charge in [-0.15, -0.1) is 24.8 Å². The summed E-state index contributed by atoms with van der Waals surface area (Å²) >= 11 is 5.90. The highest BCUT2D eigenvalue weighted by molar-refractivity contribution is 6.30. The smallest absolute Gasteiger partial charge is 0.223 e. The Labute approximate surface area is 177 Å². The fourth-order valence-electron chi connectivity index (χ4n) is 3.22. The topological polar surface area (TPSA) is 58.4 Å². The second-order valence-electron chi connectivity index (χ2n) is 6.51. The van der Waals surface area contributed by atoms with Gasteiger partial charge in [-0.2, -0.15) is 0 Å². The van der Waals surface area contributed by atoms with Gasteiger partial charge in [0, 0.05) is 36.5 Å². The molecule has 0 saturated carbocycles. The molecule has 0 spiro atoms. The maximum Gasteiger partial charge on any atom is 0.223 e. The molecule has 27 heavy (non-hydrogen) atoms. The van der Waals surface area contributed by atoms with Crippen molar-refractivity contribution in [1.82, 2.24) is 15.2 Å². The van der Waals surface area contributed by atoms with Gasteiger partial charge in [0.15, 0.2) is 11.7 Å². The first kappa shape index (κ1) is 23.8. The summed E-state index contributed by atoms with van der Waals surface area (Å²) in [5, 5.41) is 3.90. The van der Waals surface area contributed by atoms with Crippen LogP contribution in [0.15, 0.2) is 34.9 Å². The zero-order valence-electron chi connectivity index (χ0n) is 15.3. The molecule has 5 nitrogen and oxygen atoms in total. The first-order chi connectivity index (χ1) is 12.2. The first-order valence-corrected chi connectivity index (χ1v) is 9.16. The Morgan fingerprint density at radius 3 is 2.56 bits per heavy atom. The third-order valence-corrected chi connectivity index (χ3v) is 4.95. The second-order valence-corrected chi connectivity index (χ2v) is 6.94. The van der Waals surface area contributed by atoms with Crippen molar-refractivity contribution < 1.29 is 9.21 Å². The van der Waals surface area contributed by atoms with Gasteiger partial charge in [0.2, 0.25) is 5.91 Å². The van der Waals surface area contributed by atoms with E-state index >= 15 is 0 Å². The number of hydrogen-bond acceptors (Lipinski definition) is 4. The molecule has 0 aliphatic carbocycles. The van der Waals surface area contributed by atoms with Crippen LogP contribution in [0.1, 0.15) is 25.2 Å². The van der Waals surface area contributed by atoms with E-state index in [1.54, 1.807) is 6.20 Å². The summed E-state index contributed by atoms with van der Waals surface area (Å²) in [6, 6.07) is 7.43. The van der Waals surface area contributed by atoms with Gasteiger partial charge in [0.1, 0.15) is 0 Å². The molecule has 0 radical (unpaired) electrons. The van der Waals surface area contributed by atoms with E-state index in [0.29, 0.717) is 35.4 Å². The zero-order chi connectivity index (χ0) is 17.6. The number of carbonyl (C=O) groups excluding carboxylic acids is 1. The van der Waals surface area contributed by atoms with Crippen LogP contribution in [0.3, 0.4) is 0 Å². The molecule has 1 aromatic carbocycles. The Morgan fingerprint density at radius 2 is 1.93 bits per heavy atom. The quantitative estimate of drug-likeness (QED) is 0.739. The number of aromatic nitrogens is 1. The average molecular weight is 435 g/mol. The number of aryl methyl sites for hydroxylation is 1. The molecule has 8 heteroatoms. The molecule has 0 bridgehead atoms. The zero-order valence-corrected chi connectivity index (χ0v) is 17.7. The van der Waals surface area contributed by atoms with E-state index in [4.69, 9.17) is 16.0 Å². The number of halogens is 3. The molecule has 1 aliphatic heterocycles. The first-order valence-electron chi connectivity index (χ1n) is 8.78. The van der Waals surface area contributed by atoms with Crippen molar-refractivity contribution in [3.05, 3.63) is 41.4 Å². The molecule has 1 aliphatic rings. The predicted octanol–water partition coefficient (Wildman–Crippen LogP) is 4.23. The number of likely N-dealkylation sites (tertiary alicyclic amines) is 1. The summed E-state index contributed by atoms with van der Waals surface area (Å²) in [5.74, 6) is 2.17. The van der Waals surface area contributed by atoms with Crippen molar-refractivity contribution in [1.29, 1.82) is 0 Å². The van der Waals surface area contributed by atoms with Crippen LogP contribution in [-0.2, 0) is 11.2 Å². The lowest BCUT2D eigenvalue weighted by Gasteiger charge is -2.32. The molecule has 2 heterocycles. The number of nitrogens with zero attached hydrogens (tertiary/aromatic N) is 2. The van der Waals surface area contributed by atoms with Gasteiger partial charge in [-0.1, -0.05) is 11.6 Å². The van der Waals surface area contributed by atoms with Crippen LogP contribution in [-0.4, -0.2) is 42.5 Å². The third-order valence-electron chi connectivity index (χ3n) is 4.70. The van der Waals surface area contributed by atoms with Gasteiger partial charge in [-0.3, -0.25) is 4.79 Å². The Bertz CT molecular complexity index is 698. The van der Waals surface area contributed by atoms with Gasteiger partial charge in [-0.25, -0.2) is 4.98 Å². The van der Waals surface area contributed by atoms with Gasteiger partial charge in [-0.05, 0) is 56.6 Å². The molecule has 2 aromatic rings. The second kappa shape index (κ2) is 11.5. The Morgan fingerprint density at radius 1 is 1.26 bits per heavy atom. The fourth-order valence-corrected chi connectivity index (χ4v) is 3.35. The summed E-state index contributed by atoms with van der Waals surface area (Å²) < 4.78 is 5.76. The van der Waals surface area contributed by atoms with Crippen LogP contribution in [0.4, 0.5) is 0 Å². The van der Waals surface area contributed by atoms with E-state index in [-0.39, 0.29) is 30.7 Å². The van der Waals surface area contributed by atoms with Crippen LogP contribution < -0.4 is 5.32 Å². The van der Waals surface area contributed by atoms with Crippen molar-refractivity contribution in [3.63, 3.8) is 0 Å². The molecular formula is C19H26Cl3N3O2. The van der Waals surface area contributed by atoms with Crippen LogP contribution in [0.2, 0.25) is 5.02 Å². The molecule has 1 fully saturated rings. The van der Waals surface area contributed by atoms with Crippen LogP contribution in [0.25, 0.3) is 11.3 Å². The van der Waals surface area contributed by atoms with Gasteiger partial charge in [0.05, 0.1) is 6.20 Å². The highest BCUT2D eigenvalue weighted by Crippen LogP contribution is 2.23. The molecule has 3 rings (SSSR count). The minimum absolute atomic E-state index is 0. The lowest BCUT2D eigenvalue weighted by atomic mass is 9.96. The molecule has 150 valence electrons. The minimum atomic E-state index is 0. The molecule has 1 aromatic heterocycles. The highest BCUT2D eigenvalue weighted by atomic mass is 35.5. The molecular weight excluding hydrogens is 409 g/mol. The van der Waals surface area contributed by atoms with E-state index in [1.165, 1.54) is 0 Å². The maximum absolute atomic E-state index is 12.4. The lowest BCUT2D eigenvalue weighted by molar-refractivity contribution is -0.132. The minimum Gasteiger partial charge on any atom is -0.441 e. The average Bonchev–Trinajstić information content (AvgIpc) is 3.10. The van der Waals surface area contributed by atoms with Crippen molar-refractivity contribution in [3.8, 4) is 11.3 Å². The van der Waals surface area contributed by atoms with E-state index in [2.05, 4.69) is 10.3 Å². The lowest BCUT2D eigenvalue weighted by Crippen LogP contribution is -2.40. The molecule has 0 atom stereocenters. The van der Waals surface area contributed by atoms with Gasteiger partial charge < -0.3 is 14.6 Å². The van der Waals surface area contributed by atoms with Gasteiger partial charge >= 0.3 is 0 Å². The molecule has 0 unspecified atom stereocenters. The van der Waals surface area contributed by atoms with Crippen molar-refractivity contribution >= 4 is 42.3 Å². The number of nitrogens with one attached hydrogen (secondary N) is 1. The van der Waals surface area contributed by atoms with E-state index in [0.717, 1.165) is 38.0 Å². The summed E-state index contributed by atoms with van der Waals surface area (Å²) in [5.41, 5.74) is 0.932. The molecule has 1 saturated heterocycles. The predicted molar refractivity (Wildman–Crippen MR) is 113 cm³/mol. The van der Waals surface area contributed by atoms with Gasteiger partial charge in [0.25, 0.3) is 0 Å². The summed E-state index contributed by atoms with van der Waals surface area (Å²) in [4.78, 5) is 18.6. The number of piperidine rings is 1. The maximum atomic E-state index is 12.4. The highest BCUT2D eigenvalue weighted by Gasteiger charge is 2.22. The number of carbonyl (C=O) groups is 1. The number of benzene rings is 1. The monoisotopic (exact) mass is 433 g/mol. The van der Waals surface area contributed by atoms with Crippen molar-refractivity contribution in [2.24, 2.45) is 5.92 Å². The van der Waals surface area contributed by atoms with Crippen LogP contribution >= 0.6 is 36.4 Å². The molecule has 1 amide bonds. The number of oxazole rings is 1. The van der Waals surface area contributed by atoms with Crippen molar-refractivity contribution in [2.75, 3.05) is 26.7 Å². The fraction of sp³-hybridized carbons (Fsp3) is 0.474. The number of rotatable bonds is 6.